The van der Waals surface area contributed by atoms with Crippen LogP contribution in [0.5, 0.6) is 17.2 Å². The van der Waals surface area contributed by atoms with Gasteiger partial charge in [0, 0.05) is 6.42 Å². The van der Waals surface area contributed by atoms with E-state index in [0.29, 0.717) is 24.3 Å². The highest BCUT2D eigenvalue weighted by molar-refractivity contribution is 5.92. The lowest BCUT2D eigenvalue weighted by atomic mass is 10.1. The van der Waals surface area contributed by atoms with Gasteiger partial charge in [0.05, 0.1) is 12.8 Å². The van der Waals surface area contributed by atoms with Gasteiger partial charge < -0.3 is 19.5 Å². The predicted octanol–water partition coefficient (Wildman–Crippen LogP) is 3.00. The number of aryl methyl sites for hydroxylation is 1. The molecular formula is C17H17NO4. The lowest BCUT2D eigenvalue weighted by Crippen LogP contribution is -2.13. The van der Waals surface area contributed by atoms with Crippen LogP contribution in [-0.2, 0) is 11.2 Å². The van der Waals surface area contributed by atoms with E-state index in [9.17, 15) is 4.79 Å². The minimum absolute atomic E-state index is 0.0535. The maximum atomic E-state index is 12.1. The van der Waals surface area contributed by atoms with Crippen LogP contribution in [0.3, 0.4) is 0 Å². The van der Waals surface area contributed by atoms with Crippen LogP contribution in [-0.4, -0.2) is 19.8 Å². The van der Waals surface area contributed by atoms with Crippen LogP contribution in [0.1, 0.15) is 12.0 Å². The first-order chi connectivity index (χ1) is 10.8. The van der Waals surface area contributed by atoms with Gasteiger partial charge in [-0.2, -0.15) is 0 Å². The minimum Gasteiger partial charge on any atom is -0.495 e. The molecule has 0 spiro atoms. The van der Waals surface area contributed by atoms with Gasteiger partial charge in [-0.3, -0.25) is 4.79 Å². The molecule has 1 aliphatic heterocycles. The summed E-state index contributed by atoms with van der Waals surface area (Å²) < 4.78 is 15.8. The zero-order valence-corrected chi connectivity index (χ0v) is 12.3. The molecule has 5 heteroatoms. The van der Waals surface area contributed by atoms with Gasteiger partial charge in [0.2, 0.25) is 12.7 Å². The molecule has 114 valence electrons. The van der Waals surface area contributed by atoms with Crippen molar-refractivity contribution in [3.63, 3.8) is 0 Å². The summed E-state index contributed by atoms with van der Waals surface area (Å²) in [5.74, 6) is 2.09. The molecule has 0 atom stereocenters. The first-order valence-corrected chi connectivity index (χ1v) is 7.07. The Kier molecular flexibility index (Phi) is 4.14. The van der Waals surface area contributed by atoms with E-state index in [1.165, 1.54) is 0 Å². The van der Waals surface area contributed by atoms with Crippen LogP contribution in [0.25, 0.3) is 0 Å². The highest BCUT2D eigenvalue weighted by atomic mass is 16.7. The van der Waals surface area contributed by atoms with Crippen molar-refractivity contribution < 1.29 is 19.0 Å². The number of carbonyl (C=O) groups is 1. The SMILES string of the molecule is COc1ccccc1NC(=O)CCc1ccc2c(c1)OCO2. The number of fused-ring (bicyclic) bond motifs is 1. The van der Waals surface area contributed by atoms with Crippen LogP contribution in [0, 0.1) is 0 Å². The molecule has 2 aromatic rings. The summed E-state index contributed by atoms with van der Waals surface area (Å²) in [5.41, 5.74) is 1.72. The highest BCUT2D eigenvalue weighted by Crippen LogP contribution is 2.32. The first kappa shape index (κ1) is 14.3. The van der Waals surface area contributed by atoms with E-state index < -0.39 is 0 Å². The second-order valence-electron chi connectivity index (χ2n) is 4.94. The summed E-state index contributed by atoms with van der Waals surface area (Å²) in [6.07, 6.45) is 1.02. The Balaban J connectivity index is 1.58. The monoisotopic (exact) mass is 299 g/mol. The number of anilines is 1. The lowest BCUT2D eigenvalue weighted by molar-refractivity contribution is -0.116. The Hall–Kier alpha value is -2.69. The van der Waals surface area contributed by atoms with E-state index in [1.54, 1.807) is 7.11 Å². The third-order valence-corrected chi connectivity index (χ3v) is 3.46. The molecule has 0 aromatic heterocycles. The molecule has 0 radical (unpaired) electrons. The van der Waals surface area contributed by atoms with Crippen molar-refractivity contribution in [2.45, 2.75) is 12.8 Å². The fourth-order valence-corrected chi connectivity index (χ4v) is 2.31. The number of ether oxygens (including phenoxy) is 3. The Bertz CT molecular complexity index is 684. The number of benzene rings is 2. The number of amides is 1. The molecule has 1 aliphatic rings. The molecule has 2 aromatic carbocycles. The van der Waals surface area contributed by atoms with Gasteiger partial charge in [-0.25, -0.2) is 0 Å². The molecule has 3 rings (SSSR count). The largest absolute Gasteiger partial charge is 0.495 e. The second kappa shape index (κ2) is 6.39. The second-order valence-corrected chi connectivity index (χ2v) is 4.94. The molecule has 1 N–H and O–H groups in total. The number of rotatable bonds is 5. The van der Waals surface area contributed by atoms with Crippen LogP contribution >= 0.6 is 0 Å². The van der Waals surface area contributed by atoms with Crippen LogP contribution in [0.4, 0.5) is 5.69 Å². The Morgan fingerprint density at radius 3 is 2.86 bits per heavy atom. The van der Waals surface area contributed by atoms with E-state index in [4.69, 9.17) is 14.2 Å². The molecule has 1 amide bonds. The Morgan fingerprint density at radius 2 is 2.00 bits per heavy atom. The number of hydrogen-bond acceptors (Lipinski definition) is 4. The third kappa shape index (κ3) is 3.14. The van der Waals surface area contributed by atoms with Gasteiger partial charge in [0.1, 0.15) is 5.75 Å². The summed E-state index contributed by atoms with van der Waals surface area (Å²) in [5, 5.41) is 2.86. The van der Waals surface area contributed by atoms with Crippen molar-refractivity contribution in [2.24, 2.45) is 0 Å². The van der Waals surface area contributed by atoms with E-state index in [2.05, 4.69) is 5.32 Å². The zero-order valence-electron chi connectivity index (χ0n) is 12.3. The normalized spacial score (nSPS) is 12.0. The maximum absolute atomic E-state index is 12.1. The molecule has 0 saturated heterocycles. The van der Waals surface area contributed by atoms with Crippen LogP contribution in [0.15, 0.2) is 42.5 Å². The zero-order chi connectivity index (χ0) is 15.4. The summed E-state index contributed by atoms with van der Waals surface area (Å²) in [7, 11) is 1.58. The first-order valence-electron chi connectivity index (χ1n) is 7.07. The van der Waals surface area contributed by atoms with Gasteiger partial charge in [-0.1, -0.05) is 18.2 Å². The molecule has 1 heterocycles. The lowest BCUT2D eigenvalue weighted by Gasteiger charge is -2.09. The molecule has 0 fully saturated rings. The van der Waals surface area contributed by atoms with E-state index in [-0.39, 0.29) is 12.7 Å². The van der Waals surface area contributed by atoms with E-state index in [1.807, 2.05) is 42.5 Å². The molecule has 0 saturated carbocycles. The number of nitrogens with one attached hydrogen (secondary N) is 1. The summed E-state index contributed by atoms with van der Waals surface area (Å²) in [4.78, 5) is 12.1. The smallest absolute Gasteiger partial charge is 0.231 e. The number of methoxy groups -OCH3 is 1. The molecule has 0 aliphatic carbocycles. The summed E-state index contributed by atoms with van der Waals surface area (Å²) in [6.45, 7) is 0.257. The van der Waals surface area contributed by atoms with Gasteiger partial charge in [-0.15, -0.1) is 0 Å². The molecular weight excluding hydrogens is 282 g/mol. The quantitative estimate of drug-likeness (QED) is 0.922. The molecule has 22 heavy (non-hydrogen) atoms. The van der Waals surface area contributed by atoms with Crippen molar-refractivity contribution in [1.82, 2.24) is 0 Å². The van der Waals surface area contributed by atoms with Gasteiger partial charge in [-0.05, 0) is 36.2 Å². The highest BCUT2D eigenvalue weighted by Gasteiger charge is 2.14. The van der Waals surface area contributed by atoms with Crippen LogP contribution in [0.2, 0.25) is 0 Å². The van der Waals surface area contributed by atoms with Crippen molar-refractivity contribution in [3.8, 4) is 17.2 Å². The Morgan fingerprint density at radius 1 is 1.18 bits per heavy atom. The topological polar surface area (TPSA) is 56.8 Å². The van der Waals surface area contributed by atoms with E-state index >= 15 is 0 Å². The van der Waals surface area contributed by atoms with Crippen molar-refractivity contribution in [2.75, 3.05) is 19.2 Å². The molecule has 0 unspecified atom stereocenters. The summed E-state index contributed by atoms with van der Waals surface area (Å²) >= 11 is 0. The number of para-hydroxylation sites is 2. The van der Waals surface area contributed by atoms with E-state index in [0.717, 1.165) is 17.1 Å². The predicted molar refractivity (Wildman–Crippen MR) is 82.5 cm³/mol. The maximum Gasteiger partial charge on any atom is 0.231 e. The standard InChI is InChI=1S/C17H17NO4/c1-20-14-5-3-2-4-13(14)18-17(19)9-7-12-6-8-15-16(10-12)22-11-21-15/h2-6,8,10H,7,9,11H2,1H3,(H,18,19). The minimum atomic E-state index is -0.0535. The molecule has 0 bridgehead atoms. The number of hydrogen-bond donors (Lipinski definition) is 1. The number of carbonyl (C=O) groups excluding carboxylic acids is 1. The molecule has 5 nitrogen and oxygen atoms in total. The van der Waals surface area contributed by atoms with Gasteiger partial charge in [0.15, 0.2) is 11.5 Å². The summed E-state index contributed by atoms with van der Waals surface area (Å²) in [6, 6.07) is 13.1. The fraction of sp³-hybridized carbons (Fsp3) is 0.235. The van der Waals surface area contributed by atoms with Crippen LogP contribution < -0.4 is 19.5 Å². The average Bonchev–Trinajstić information content (AvgIpc) is 3.01. The third-order valence-electron chi connectivity index (χ3n) is 3.46. The van der Waals surface area contributed by atoms with Gasteiger partial charge >= 0.3 is 0 Å². The average molecular weight is 299 g/mol. The van der Waals surface area contributed by atoms with Crippen molar-refractivity contribution in [3.05, 3.63) is 48.0 Å². The fourth-order valence-electron chi connectivity index (χ4n) is 2.31. The van der Waals surface area contributed by atoms with Crippen molar-refractivity contribution in [1.29, 1.82) is 0 Å². The van der Waals surface area contributed by atoms with Gasteiger partial charge in [0.25, 0.3) is 0 Å². The Labute approximate surface area is 128 Å². The van der Waals surface area contributed by atoms with Crippen molar-refractivity contribution >= 4 is 11.6 Å².